The number of aliphatic hydroxyl groups is 1. The third-order valence-corrected chi connectivity index (χ3v) is 10.1. The lowest BCUT2D eigenvalue weighted by atomic mass is 10.0. The number of nitrogens with one attached hydrogen (secondary N) is 1. The normalized spacial score (nSPS) is 14.6. The topological polar surface area (TPSA) is 108 Å². The van der Waals surface area contributed by atoms with Crippen LogP contribution >= 0.6 is 7.82 Å². The highest BCUT2D eigenvalue weighted by atomic mass is 31.2. The molecule has 0 fully saturated rings. The molecule has 47 heavy (non-hydrogen) atoms. The van der Waals surface area contributed by atoms with Crippen LogP contribution in [-0.4, -0.2) is 68.5 Å². The Labute approximate surface area is 291 Å². The van der Waals surface area contributed by atoms with Crippen LogP contribution < -0.4 is 10.2 Å². The molecule has 3 unspecified atom stereocenters. The second-order valence-corrected chi connectivity index (χ2v) is 16.4. The molecule has 9 heteroatoms. The van der Waals surface area contributed by atoms with Gasteiger partial charge in [0.2, 0.25) is 5.91 Å². The molecule has 282 valence electrons. The van der Waals surface area contributed by atoms with Crippen molar-refractivity contribution in [2.75, 3.05) is 40.9 Å². The van der Waals surface area contributed by atoms with Crippen LogP contribution in [0.5, 0.6) is 0 Å². The molecule has 0 aromatic rings. The molecule has 0 aromatic carbocycles. The first-order valence-corrected chi connectivity index (χ1v) is 21.3. The average Bonchev–Trinajstić information content (AvgIpc) is 3.02. The average molecular weight is 691 g/mol. The van der Waals surface area contributed by atoms with Crippen molar-refractivity contribution in [1.29, 1.82) is 0 Å². The number of unbranched alkanes of at least 4 members (excludes halogenated alkanes) is 24. The van der Waals surface area contributed by atoms with E-state index in [4.69, 9.17) is 9.05 Å². The first-order valence-electron chi connectivity index (χ1n) is 19.9. The number of hydrogen-bond acceptors (Lipinski definition) is 6. The lowest BCUT2D eigenvalue weighted by molar-refractivity contribution is -0.870. The van der Waals surface area contributed by atoms with Gasteiger partial charge in [-0.05, 0) is 6.42 Å². The smallest absolute Gasteiger partial charge is 0.268 e. The summed E-state index contributed by atoms with van der Waals surface area (Å²) in [5, 5.41) is 13.4. The highest BCUT2D eigenvalue weighted by Crippen LogP contribution is 2.38. The summed E-state index contributed by atoms with van der Waals surface area (Å²) >= 11 is 0. The Morgan fingerprint density at radius 3 is 1.36 bits per heavy atom. The predicted octanol–water partition coefficient (Wildman–Crippen LogP) is 9.61. The van der Waals surface area contributed by atoms with Gasteiger partial charge in [0.25, 0.3) is 7.82 Å². The molecule has 2 N–H and O–H groups in total. The van der Waals surface area contributed by atoms with Crippen LogP contribution in [0.15, 0.2) is 0 Å². The number of rotatable bonds is 36. The van der Waals surface area contributed by atoms with Crippen LogP contribution in [0.3, 0.4) is 0 Å². The van der Waals surface area contributed by atoms with Crippen molar-refractivity contribution in [2.24, 2.45) is 0 Å². The van der Waals surface area contributed by atoms with Crippen molar-refractivity contribution in [1.82, 2.24) is 5.32 Å². The molecular weight excluding hydrogens is 611 g/mol. The number of carbonyl (C=O) groups excluding carboxylic acids is 1. The number of hydrogen-bond donors (Lipinski definition) is 2. The maximum Gasteiger partial charge on any atom is 0.268 e. The van der Waals surface area contributed by atoms with Gasteiger partial charge in [0, 0.05) is 6.42 Å². The van der Waals surface area contributed by atoms with E-state index in [9.17, 15) is 19.4 Å². The van der Waals surface area contributed by atoms with Crippen LogP contribution in [0, 0.1) is 0 Å². The number of carbonyl (C=O) groups is 1. The Balaban J connectivity index is 3.70. The van der Waals surface area contributed by atoms with Gasteiger partial charge >= 0.3 is 0 Å². The number of phosphoric ester groups is 1. The van der Waals surface area contributed by atoms with Crippen LogP contribution in [0.1, 0.15) is 187 Å². The van der Waals surface area contributed by atoms with Crippen molar-refractivity contribution in [3.05, 3.63) is 0 Å². The molecular formula is C38H79N2O6P. The Hall–Kier alpha value is -0.500. The van der Waals surface area contributed by atoms with E-state index in [1.807, 2.05) is 21.1 Å². The molecule has 0 heterocycles. The summed E-state index contributed by atoms with van der Waals surface area (Å²) in [6, 6.07) is -0.791. The minimum absolute atomic E-state index is 0.0123. The van der Waals surface area contributed by atoms with Crippen molar-refractivity contribution >= 4 is 13.7 Å². The van der Waals surface area contributed by atoms with Crippen molar-refractivity contribution in [2.45, 2.75) is 199 Å². The van der Waals surface area contributed by atoms with E-state index in [1.54, 1.807) is 6.92 Å². The number of amides is 1. The Morgan fingerprint density at radius 2 is 1.02 bits per heavy atom. The van der Waals surface area contributed by atoms with Gasteiger partial charge in [-0.1, -0.05) is 174 Å². The second kappa shape index (κ2) is 31.5. The number of nitrogens with zero attached hydrogens (tertiary/aromatic N) is 1. The molecule has 8 nitrogen and oxygen atoms in total. The van der Waals surface area contributed by atoms with Gasteiger partial charge in [-0.3, -0.25) is 9.36 Å². The lowest BCUT2D eigenvalue weighted by Crippen LogP contribution is -2.46. The fourth-order valence-corrected chi connectivity index (χ4v) is 6.61. The van der Waals surface area contributed by atoms with Crippen molar-refractivity contribution in [3.8, 4) is 0 Å². The quantitative estimate of drug-likeness (QED) is 0.0385. The van der Waals surface area contributed by atoms with Gasteiger partial charge in [0.05, 0.1) is 39.9 Å². The fraction of sp³-hybridized carbons (Fsp3) is 0.974. The highest BCUT2D eigenvalue weighted by Gasteiger charge is 2.24. The third kappa shape index (κ3) is 33.8. The van der Waals surface area contributed by atoms with Crippen LogP contribution in [-0.2, 0) is 18.4 Å². The molecule has 0 rings (SSSR count). The Bertz CT molecular complexity index is 748. The maximum atomic E-state index is 12.2. The summed E-state index contributed by atoms with van der Waals surface area (Å²) in [4.78, 5) is 24.1. The van der Waals surface area contributed by atoms with E-state index in [-0.39, 0.29) is 25.5 Å². The zero-order chi connectivity index (χ0) is 35.1. The summed E-state index contributed by atoms with van der Waals surface area (Å²) in [5.74, 6) is -0.251. The zero-order valence-electron chi connectivity index (χ0n) is 31.8. The molecule has 0 aliphatic heterocycles. The van der Waals surface area contributed by atoms with E-state index >= 15 is 0 Å². The van der Waals surface area contributed by atoms with Crippen LogP contribution in [0.2, 0.25) is 0 Å². The van der Waals surface area contributed by atoms with Crippen LogP contribution in [0.4, 0.5) is 0 Å². The molecule has 3 atom stereocenters. The molecule has 0 aliphatic rings. The first kappa shape index (κ1) is 46.5. The molecule has 0 bridgehead atoms. The SMILES string of the molecule is CCCCCCCCCCCCCCCCCCCCCCCCCCCC(O)C(COP(=O)([O-])OCC[N+](C)(C)C)NC(=O)CC. The molecule has 0 radical (unpaired) electrons. The van der Waals surface area contributed by atoms with Gasteiger partial charge in [-0.15, -0.1) is 0 Å². The summed E-state index contributed by atoms with van der Waals surface area (Å²) in [6.07, 6.45) is 33.5. The van der Waals surface area contributed by atoms with Gasteiger partial charge in [0.15, 0.2) is 0 Å². The molecule has 0 aliphatic carbocycles. The minimum atomic E-state index is -4.52. The summed E-state index contributed by atoms with van der Waals surface area (Å²) in [6.45, 7) is 4.19. The molecule has 1 amide bonds. The van der Waals surface area contributed by atoms with Gasteiger partial charge in [-0.25, -0.2) is 0 Å². The number of phosphoric acid groups is 1. The Morgan fingerprint density at radius 1 is 0.660 bits per heavy atom. The molecule has 0 aromatic heterocycles. The summed E-state index contributed by atoms with van der Waals surface area (Å²) in [5.41, 5.74) is 0. The third-order valence-electron chi connectivity index (χ3n) is 9.16. The zero-order valence-corrected chi connectivity index (χ0v) is 32.6. The predicted molar refractivity (Wildman–Crippen MR) is 196 cm³/mol. The second-order valence-electron chi connectivity index (χ2n) is 15.0. The van der Waals surface area contributed by atoms with E-state index in [0.717, 1.165) is 19.3 Å². The largest absolute Gasteiger partial charge is 0.756 e. The van der Waals surface area contributed by atoms with Gasteiger partial charge in [-0.2, -0.15) is 0 Å². The van der Waals surface area contributed by atoms with E-state index in [0.29, 0.717) is 17.4 Å². The number of quaternary nitrogens is 1. The summed E-state index contributed by atoms with van der Waals surface area (Å²) in [7, 11) is 1.30. The lowest BCUT2D eigenvalue weighted by Gasteiger charge is -2.30. The maximum absolute atomic E-state index is 12.2. The van der Waals surface area contributed by atoms with Crippen molar-refractivity contribution in [3.63, 3.8) is 0 Å². The van der Waals surface area contributed by atoms with E-state index in [2.05, 4.69) is 12.2 Å². The van der Waals surface area contributed by atoms with Crippen LogP contribution in [0.25, 0.3) is 0 Å². The van der Waals surface area contributed by atoms with Gasteiger partial charge < -0.3 is 28.8 Å². The Kier molecular flexibility index (Phi) is 31.1. The standard InChI is InChI=1S/C38H79N2O6P/c1-6-8-9-10-11-12-13-14-15-16-17-18-19-20-21-22-23-24-25-26-27-28-29-30-31-32-37(41)36(39-38(42)7-2)35-46-47(43,44)45-34-33-40(3,4)5/h36-37,41H,6-35H2,1-5H3,(H-,39,42,43,44). The van der Waals surface area contributed by atoms with Crippen molar-refractivity contribution < 1.29 is 32.9 Å². The number of aliphatic hydroxyl groups excluding tert-OH is 1. The molecule has 0 saturated carbocycles. The first-order chi connectivity index (χ1) is 22.5. The van der Waals surface area contributed by atoms with E-state index in [1.165, 1.54) is 141 Å². The number of likely N-dealkylation sites (N-methyl/N-ethyl adjacent to an activating group) is 1. The minimum Gasteiger partial charge on any atom is -0.756 e. The van der Waals surface area contributed by atoms with Gasteiger partial charge in [0.1, 0.15) is 13.2 Å². The summed E-state index contributed by atoms with van der Waals surface area (Å²) < 4.78 is 22.7. The fourth-order valence-electron chi connectivity index (χ4n) is 5.89. The monoisotopic (exact) mass is 691 g/mol. The van der Waals surface area contributed by atoms with E-state index < -0.39 is 20.0 Å². The molecule has 0 saturated heterocycles. The highest BCUT2D eigenvalue weighted by molar-refractivity contribution is 7.45. The molecule has 0 spiro atoms.